The van der Waals surface area contributed by atoms with Crippen LogP contribution in [0.1, 0.15) is 46.5 Å². The molecule has 0 radical (unpaired) electrons. The van der Waals surface area contributed by atoms with E-state index in [0.29, 0.717) is 5.41 Å². The number of aliphatic imine (C=N–C) groups is 1. The largest absolute Gasteiger partial charge is 0.381 e. The van der Waals surface area contributed by atoms with Gasteiger partial charge in [0.25, 0.3) is 0 Å². The molecule has 0 aromatic heterocycles. The normalized spacial score (nSPS) is 25.7. The first kappa shape index (κ1) is 19.0. The molecular weight excluding hydrogens is 377 g/mol. The van der Waals surface area contributed by atoms with Crippen molar-refractivity contribution in [3.8, 4) is 0 Å². The van der Waals surface area contributed by atoms with E-state index in [9.17, 15) is 0 Å². The van der Waals surface area contributed by atoms with Crippen molar-refractivity contribution in [2.24, 2.45) is 16.3 Å². The molecule has 2 heterocycles. The van der Waals surface area contributed by atoms with Crippen molar-refractivity contribution in [2.45, 2.75) is 46.5 Å². The zero-order valence-electron chi connectivity index (χ0n) is 13.9. The number of guanidine groups is 1. The highest BCUT2D eigenvalue weighted by Crippen LogP contribution is 2.38. The maximum absolute atomic E-state index is 5.62. The molecule has 1 unspecified atom stereocenters. The summed E-state index contributed by atoms with van der Waals surface area (Å²) in [5.41, 5.74) is 0.408. The summed E-state index contributed by atoms with van der Waals surface area (Å²) in [5, 5.41) is 3.47. The second-order valence-corrected chi connectivity index (χ2v) is 6.35. The van der Waals surface area contributed by atoms with E-state index in [0.717, 1.165) is 51.3 Å². The molecule has 4 nitrogen and oxygen atoms in total. The van der Waals surface area contributed by atoms with Crippen LogP contribution in [-0.4, -0.2) is 50.3 Å². The van der Waals surface area contributed by atoms with E-state index in [1.807, 2.05) is 0 Å². The molecule has 2 aliphatic rings. The summed E-state index contributed by atoms with van der Waals surface area (Å²) in [6.07, 6.45) is 4.91. The number of likely N-dealkylation sites (tertiary alicyclic amines) is 1. The second-order valence-electron chi connectivity index (χ2n) is 6.35. The fourth-order valence-corrected chi connectivity index (χ4v) is 3.28. The highest BCUT2D eigenvalue weighted by Gasteiger charge is 2.42. The fourth-order valence-electron chi connectivity index (χ4n) is 3.28. The number of halogens is 1. The van der Waals surface area contributed by atoms with Gasteiger partial charge >= 0.3 is 0 Å². The molecule has 5 heteroatoms. The van der Waals surface area contributed by atoms with Crippen LogP contribution in [0.3, 0.4) is 0 Å². The molecule has 1 N–H and O–H groups in total. The maximum Gasteiger partial charge on any atom is 0.193 e. The molecule has 2 fully saturated rings. The number of nitrogens with zero attached hydrogens (tertiary/aromatic N) is 2. The minimum Gasteiger partial charge on any atom is -0.381 e. The van der Waals surface area contributed by atoms with Crippen LogP contribution in [0.4, 0.5) is 0 Å². The van der Waals surface area contributed by atoms with Crippen molar-refractivity contribution in [3.05, 3.63) is 0 Å². The molecule has 124 valence electrons. The molecular formula is C16H32IN3O. The average molecular weight is 409 g/mol. The summed E-state index contributed by atoms with van der Waals surface area (Å²) in [4.78, 5) is 7.33. The third kappa shape index (κ3) is 4.98. The molecule has 0 bridgehead atoms. The second kappa shape index (κ2) is 9.18. The van der Waals surface area contributed by atoms with E-state index in [2.05, 4.69) is 31.0 Å². The Balaban J connectivity index is 0.00000220. The first-order chi connectivity index (χ1) is 9.73. The topological polar surface area (TPSA) is 36.9 Å². The van der Waals surface area contributed by atoms with Crippen LogP contribution in [0.5, 0.6) is 0 Å². The lowest BCUT2D eigenvalue weighted by molar-refractivity contribution is 0.156. The first-order valence-corrected chi connectivity index (χ1v) is 8.34. The van der Waals surface area contributed by atoms with Crippen molar-refractivity contribution in [3.63, 3.8) is 0 Å². The van der Waals surface area contributed by atoms with Crippen LogP contribution in [0, 0.1) is 11.3 Å². The molecule has 2 aliphatic heterocycles. The standard InChI is InChI=1S/C16H31N3O.HI/c1-4-14(5-2)11-18-15(17-6-3)19-9-7-16(12-19)8-10-20-13-16;/h14H,4-13H2,1-3H3,(H,17,18);1H. The van der Waals surface area contributed by atoms with Gasteiger partial charge in [-0.1, -0.05) is 26.7 Å². The minimum atomic E-state index is 0. The van der Waals surface area contributed by atoms with Gasteiger partial charge in [0, 0.05) is 38.2 Å². The van der Waals surface area contributed by atoms with Gasteiger partial charge in [0.2, 0.25) is 0 Å². The van der Waals surface area contributed by atoms with Gasteiger partial charge in [-0.25, -0.2) is 0 Å². The molecule has 1 spiro atoms. The Bertz CT molecular complexity index is 325. The van der Waals surface area contributed by atoms with Gasteiger partial charge in [-0.2, -0.15) is 0 Å². The number of hydrogen-bond donors (Lipinski definition) is 1. The Morgan fingerprint density at radius 2 is 2.05 bits per heavy atom. The summed E-state index contributed by atoms with van der Waals surface area (Å²) < 4.78 is 5.62. The lowest BCUT2D eigenvalue weighted by Crippen LogP contribution is -2.41. The summed E-state index contributed by atoms with van der Waals surface area (Å²) in [7, 11) is 0. The van der Waals surface area contributed by atoms with E-state index in [4.69, 9.17) is 9.73 Å². The van der Waals surface area contributed by atoms with Crippen LogP contribution in [-0.2, 0) is 4.74 Å². The first-order valence-electron chi connectivity index (χ1n) is 8.34. The van der Waals surface area contributed by atoms with Crippen molar-refractivity contribution in [1.29, 1.82) is 0 Å². The highest BCUT2D eigenvalue weighted by molar-refractivity contribution is 14.0. The van der Waals surface area contributed by atoms with E-state index in [-0.39, 0.29) is 24.0 Å². The monoisotopic (exact) mass is 409 g/mol. The highest BCUT2D eigenvalue weighted by atomic mass is 127. The summed E-state index contributed by atoms with van der Waals surface area (Å²) in [6.45, 7) is 12.7. The van der Waals surface area contributed by atoms with E-state index < -0.39 is 0 Å². The zero-order valence-corrected chi connectivity index (χ0v) is 16.2. The van der Waals surface area contributed by atoms with Crippen LogP contribution < -0.4 is 5.32 Å². The molecule has 1 atom stereocenters. The van der Waals surface area contributed by atoms with Crippen LogP contribution in [0.25, 0.3) is 0 Å². The quantitative estimate of drug-likeness (QED) is 0.431. The van der Waals surface area contributed by atoms with Crippen LogP contribution >= 0.6 is 24.0 Å². The number of ether oxygens (including phenoxy) is 1. The molecule has 0 aliphatic carbocycles. The Morgan fingerprint density at radius 1 is 1.29 bits per heavy atom. The van der Waals surface area contributed by atoms with Gasteiger partial charge in [0.05, 0.1) is 6.61 Å². The van der Waals surface area contributed by atoms with Gasteiger partial charge in [0.15, 0.2) is 5.96 Å². The van der Waals surface area contributed by atoms with Gasteiger partial charge in [-0.05, 0) is 25.7 Å². The number of nitrogens with one attached hydrogen (secondary N) is 1. The minimum absolute atomic E-state index is 0. The van der Waals surface area contributed by atoms with Crippen molar-refractivity contribution < 1.29 is 4.74 Å². The van der Waals surface area contributed by atoms with E-state index >= 15 is 0 Å². The Morgan fingerprint density at radius 3 is 2.62 bits per heavy atom. The number of rotatable bonds is 5. The molecule has 0 aromatic rings. The Labute approximate surface area is 147 Å². The van der Waals surface area contributed by atoms with Gasteiger partial charge < -0.3 is 15.0 Å². The lowest BCUT2D eigenvalue weighted by Gasteiger charge is -2.25. The maximum atomic E-state index is 5.62. The summed E-state index contributed by atoms with van der Waals surface area (Å²) >= 11 is 0. The van der Waals surface area contributed by atoms with E-state index in [1.165, 1.54) is 25.7 Å². The Kier molecular flexibility index (Phi) is 8.31. The Hall–Kier alpha value is -0.0400. The van der Waals surface area contributed by atoms with Crippen molar-refractivity contribution >= 4 is 29.9 Å². The van der Waals surface area contributed by atoms with Crippen LogP contribution in [0.2, 0.25) is 0 Å². The summed E-state index contributed by atoms with van der Waals surface area (Å²) in [6, 6.07) is 0. The third-order valence-electron chi connectivity index (χ3n) is 4.91. The SMILES string of the molecule is CCNC(=NCC(CC)CC)N1CCC2(CCOC2)C1.I. The van der Waals surface area contributed by atoms with Crippen molar-refractivity contribution in [1.82, 2.24) is 10.2 Å². The van der Waals surface area contributed by atoms with E-state index in [1.54, 1.807) is 0 Å². The van der Waals surface area contributed by atoms with Crippen LogP contribution in [0.15, 0.2) is 4.99 Å². The van der Waals surface area contributed by atoms with Gasteiger partial charge in [-0.3, -0.25) is 4.99 Å². The molecule has 0 amide bonds. The molecule has 2 rings (SSSR count). The fraction of sp³-hybridized carbons (Fsp3) is 0.938. The molecule has 0 saturated carbocycles. The number of hydrogen-bond acceptors (Lipinski definition) is 2. The lowest BCUT2D eigenvalue weighted by atomic mass is 9.87. The summed E-state index contributed by atoms with van der Waals surface area (Å²) in [5.74, 6) is 1.83. The predicted molar refractivity (Wildman–Crippen MR) is 99.5 cm³/mol. The average Bonchev–Trinajstić information content (AvgIpc) is 3.09. The molecule has 21 heavy (non-hydrogen) atoms. The van der Waals surface area contributed by atoms with Gasteiger partial charge in [-0.15, -0.1) is 24.0 Å². The smallest absolute Gasteiger partial charge is 0.193 e. The molecule has 0 aromatic carbocycles. The molecule has 2 saturated heterocycles. The predicted octanol–water partition coefficient (Wildman–Crippen LogP) is 3.12. The third-order valence-corrected chi connectivity index (χ3v) is 4.91. The zero-order chi connectivity index (χ0) is 14.4. The van der Waals surface area contributed by atoms with Gasteiger partial charge in [0.1, 0.15) is 0 Å². The van der Waals surface area contributed by atoms with Crippen molar-refractivity contribution in [2.75, 3.05) is 39.4 Å².